The van der Waals surface area contributed by atoms with Crippen LogP contribution in [0.1, 0.15) is 108 Å². The van der Waals surface area contributed by atoms with Crippen molar-refractivity contribution in [3.63, 3.8) is 0 Å². The van der Waals surface area contributed by atoms with Crippen LogP contribution < -0.4 is 4.90 Å². The summed E-state index contributed by atoms with van der Waals surface area (Å²) in [6.07, 6.45) is 1.87. The summed E-state index contributed by atoms with van der Waals surface area (Å²) >= 11 is 0. The van der Waals surface area contributed by atoms with Crippen LogP contribution >= 0.6 is 0 Å². The summed E-state index contributed by atoms with van der Waals surface area (Å²) in [6.45, 7) is 18.9. The smallest absolute Gasteiger partial charge is 0.224 e. The van der Waals surface area contributed by atoms with Crippen molar-refractivity contribution in [2.75, 3.05) is 45.0 Å². The molecule has 0 spiro atoms. The Kier molecular flexibility index (Phi) is 31.8. The predicted octanol–water partition coefficient (Wildman–Crippen LogP) is 11.3. The maximum absolute atomic E-state index is 15.9. The largest absolute Gasteiger partial charge is 0.400 e. The summed E-state index contributed by atoms with van der Waals surface area (Å²) in [5, 5.41) is 35.4. The summed E-state index contributed by atoms with van der Waals surface area (Å²) in [4.78, 5) is 29.0. The number of hydrogen-bond donors (Lipinski definition) is 3. The molecule has 3 atom stereocenters. The standard InChI is InChI=1S/C52H68F2N4O6.C7H8O.CH4O.CH2O/c1-51(2,3)32-46(60)57(38-58(52(4,5)6)49-47(54)42(33-55)31-43(53)48(49)56-7)28-19-8-9-20-30-62-45(37-61-34-39-21-13-10-14-22-39)50(64-36-41-25-17-12-18-26-41)44(27-29-59)63-35-40-23-15-11-16-24-40;8-6-7-4-2-1-3-5-7;2*1-2/h10-18,21-26,31,44-45,50,59H,7-9,19-20,27-30,32,34-38H2,1-6H3;1-5,8H,6H2;2H,1H3;1H2. The number of aliphatic hydroxyl groups is 3. The molecular weight excluding hydrogens is 971 g/mol. The Morgan fingerprint density at radius 2 is 1.21 bits per heavy atom. The molecule has 5 rings (SSSR count). The molecule has 1 amide bonds. The van der Waals surface area contributed by atoms with Gasteiger partial charge in [-0.25, -0.2) is 8.78 Å². The predicted molar refractivity (Wildman–Crippen MR) is 297 cm³/mol. The molecule has 0 saturated heterocycles. The Morgan fingerprint density at radius 3 is 1.67 bits per heavy atom. The fraction of sp³-hybridized carbons (Fsp3) is 0.443. The molecule has 0 aliphatic rings. The zero-order chi connectivity index (χ0) is 56.4. The second kappa shape index (κ2) is 36.7. The number of halogens is 2. The lowest BCUT2D eigenvalue weighted by atomic mass is 9.91. The Bertz CT molecular complexity index is 2380. The molecule has 0 saturated carbocycles. The van der Waals surface area contributed by atoms with Crippen molar-refractivity contribution in [2.24, 2.45) is 10.4 Å². The van der Waals surface area contributed by atoms with Gasteiger partial charge < -0.3 is 48.9 Å². The number of carbonyl (C=O) groups is 2. The zero-order valence-electron chi connectivity index (χ0n) is 45.7. The minimum Gasteiger partial charge on any atom is -0.400 e. The first-order valence-electron chi connectivity index (χ1n) is 25.6. The molecule has 3 N–H and O–H groups in total. The lowest BCUT2D eigenvalue weighted by Crippen LogP contribution is -2.51. The third-order valence-electron chi connectivity index (χ3n) is 11.7. The van der Waals surface area contributed by atoms with Crippen LogP contribution in [0.25, 0.3) is 0 Å². The quantitative estimate of drug-likeness (QED) is 0.0247. The molecule has 414 valence electrons. The first-order chi connectivity index (χ1) is 36.6. The van der Waals surface area contributed by atoms with Crippen molar-refractivity contribution >= 4 is 30.8 Å². The molecule has 15 heteroatoms. The van der Waals surface area contributed by atoms with E-state index in [1.54, 1.807) is 15.9 Å². The highest BCUT2D eigenvalue weighted by molar-refractivity contribution is 5.78. The Morgan fingerprint density at radius 1 is 0.711 bits per heavy atom. The van der Waals surface area contributed by atoms with Gasteiger partial charge in [0.15, 0.2) is 11.6 Å². The Hall–Kier alpha value is -6.22. The number of carbonyl (C=O) groups excluding carboxylic acids is 2. The lowest BCUT2D eigenvalue weighted by Gasteiger charge is -2.42. The molecule has 5 aromatic carbocycles. The topological polar surface area (TPSA) is 174 Å². The van der Waals surface area contributed by atoms with E-state index in [2.05, 4.69) is 11.7 Å². The molecule has 0 aliphatic carbocycles. The average molecular weight is 1050 g/mol. The summed E-state index contributed by atoms with van der Waals surface area (Å²) in [5.41, 5.74) is 1.90. The first-order valence-corrected chi connectivity index (χ1v) is 25.6. The molecule has 0 fully saturated rings. The van der Waals surface area contributed by atoms with Crippen LogP contribution in [0.3, 0.4) is 0 Å². The van der Waals surface area contributed by atoms with Crippen LogP contribution in [0.15, 0.2) is 132 Å². The Labute approximate surface area is 450 Å². The number of aliphatic hydroxyl groups excluding tert-OH is 3. The van der Waals surface area contributed by atoms with Crippen LogP contribution in [-0.2, 0) is 55.0 Å². The van der Waals surface area contributed by atoms with Gasteiger partial charge in [-0.1, -0.05) is 155 Å². The van der Waals surface area contributed by atoms with Crippen molar-refractivity contribution in [2.45, 2.75) is 130 Å². The number of ether oxygens (including phenoxy) is 4. The fourth-order valence-corrected chi connectivity index (χ4v) is 7.86. The van der Waals surface area contributed by atoms with E-state index in [-0.39, 0.29) is 55.6 Å². The molecule has 0 heterocycles. The van der Waals surface area contributed by atoms with Crippen molar-refractivity contribution < 1.29 is 52.6 Å². The van der Waals surface area contributed by atoms with Crippen molar-refractivity contribution in [1.29, 1.82) is 5.26 Å². The molecule has 13 nitrogen and oxygen atoms in total. The van der Waals surface area contributed by atoms with Gasteiger partial charge in [-0.3, -0.25) is 9.79 Å². The van der Waals surface area contributed by atoms with Crippen molar-refractivity contribution in [3.05, 3.63) is 167 Å². The van der Waals surface area contributed by atoms with Gasteiger partial charge in [0.25, 0.3) is 0 Å². The lowest BCUT2D eigenvalue weighted by molar-refractivity contribution is -0.168. The second-order valence-corrected chi connectivity index (χ2v) is 19.9. The van der Waals surface area contributed by atoms with E-state index < -0.39 is 41.0 Å². The van der Waals surface area contributed by atoms with Gasteiger partial charge in [0.2, 0.25) is 5.91 Å². The first kappa shape index (κ1) is 65.9. The molecule has 0 radical (unpaired) electrons. The van der Waals surface area contributed by atoms with Crippen LogP contribution in [-0.4, -0.2) is 104 Å². The van der Waals surface area contributed by atoms with Crippen LogP contribution in [0.4, 0.5) is 20.2 Å². The molecule has 76 heavy (non-hydrogen) atoms. The number of rotatable bonds is 28. The molecular formula is C61H82F2N4O9. The number of hydrogen-bond acceptors (Lipinski definition) is 12. The third-order valence-corrected chi connectivity index (χ3v) is 11.7. The van der Waals surface area contributed by atoms with Gasteiger partial charge in [0.1, 0.15) is 36.4 Å². The summed E-state index contributed by atoms with van der Waals surface area (Å²) < 4.78 is 57.2. The maximum Gasteiger partial charge on any atom is 0.224 e. The number of amides is 1. The summed E-state index contributed by atoms with van der Waals surface area (Å²) in [6, 6.07) is 41.8. The number of nitriles is 1. The van der Waals surface area contributed by atoms with Gasteiger partial charge in [-0.05, 0) is 80.5 Å². The Balaban J connectivity index is 0.00000147. The monoisotopic (exact) mass is 1050 g/mol. The van der Waals surface area contributed by atoms with Gasteiger partial charge in [0.05, 0.1) is 51.4 Å². The van der Waals surface area contributed by atoms with Crippen molar-refractivity contribution in [3.8, 4) is 6.07 Å². The van der Waals surface area contributed by atoms with E-state index in [1.165, 1.54) is 0 Å². The molecule has 0 aromatic heterocycles. The molecule has 3 unspecified atom stereocenters. The minimum absolute atomic E-state index is 0.0499. The SMILES string of the molecule is C=Nc1c(F)cc(C#N)c(F)c1N(CN(CCCCCCOC(COCc1ccccc1)C(OCc1ccccc1)C(CCO)OCc1ccccc1)C(=O)CC(C)(C)C)C(C)(C)C.C=O.CO.OCc1ccccc1. The maximum atomic E-state index is 15.9. The second-order valence-electron chi connectivity index (χ2n) is 19.9. The number of aliphatic imine (C=N–C) groups is 1. The van der Waals surface area contributed by atoms with Gasteiger partial charge >= 0.3 is 0 Å². The van der Waals surface area contributed by atoms with Gasteiger partial charge in [0, 0.05) is 38.8 Å². The van der Waals surface area contributed by atoms with E-state index >= 15 is 8.78 Å². The number of unbranched alkanes of at least 4 members (excludes halogenated alkanes) is 3. The molecule has 0 bridgehead atoms. The minimum atomic E-state index is -0.911. The third kappa shape index (κ3) is 24.2. The highest BCUT2D eigenvalue weighted by atomic mass is 19.1. The van der Waals surface area contributed by atoms with E-state index in [4.69, 9.17) is 34.0 Å². The van der Waals surface area contributed by atoms with Gasteiger partial charge in [-0.2, -0.15) is 5.26 Å². The van der Waals surface area contributed by atoms with E-state index in [0.29, 0.717) is 52.2 Å². The number of anilines is 1. The highest BCUT2D eigenvalue weighted by Crippen LogP contribution is 2.40. The average Bonchev–Trinajstić information content (AvgIpc) is 3.42. The summed E-state index contributed by atoms with van der Waals surface area (Å²) in [7, 11) is 1.00. The fourth-order valence-electron chi connectivity index (χ4n) is 7.86. The molecule has 5 aromatic rings. The van der Waals surface area contributed by atoms with E-state index in [9.17, 15) is 15.2 Å². The normalized spacial score (nSPS) is 12.2. The molecule has 0 aliphatic heterocycles. The van der Waals surface area contributed by atoms with Crippen LogP contribution in [0.5, 0.6) is 0 Å². The van der Waals surface area contributed by atoms with E-state index in [0.717, 1.165) is 48.3 Å². The van der Waals surface area contributed by atoms with Crippen LogP contribution in [0.2, 0.25) is 0 Å². The number of benzene rings is 5. The highest BCUT2D eigenvalue weighted by Gasteiger charge is 2.35. The van der Waals surface area contributed by atoms with Gasteiger partial charge in [-0.15, -0.1) is 0 Å². The van der Waals surface area contributed by atoms with E-state index in [1.807, 2.05) is 170 Å². The number of nitrogens with zero attached hydrogens (tertiary/aromatic N) is 4. The van der Waals surface area contributed by atoms with Crippen LogP contribution in [0, 0.1) is 28.4 Å². The summed E-state index contributed by atoms with van der Waals surface area (Å²) in [5.74, 6) is -1.90. The van der Waals surface area contributed by atoms with Crippen molar-refractivity contribution in [1.82, 2.24) is 4.90 Å². The zero-order valence-corrected chi connectivity index (χ0v) is 45.7.